The number of hydrogen-bond donors (Lipinski definition) is 5. The van der Waals surface area contributed by atoms with Gasteiger partial charge in [-0.05, 0) is 25.1 Å². The van der Waals surface area contributed by atoms with Crippen LogP contribution in [0, 0.1) is 0 Å². The first-order valence-corrected chi connectivity index (χ1v) is 11.5. The van der Waals surface area contributed by atoms with Gasteiger partial charge in [-0.1, -0.05) is 6.08 Å². The minimum atomic E-state index is -1.71. The molecule has 5 N–H and O–H groups in total. The first-order chi connectivity index (χ1) is 18.1. The van der Waals surface area contributed by atoms with Crippen LogP contribution in [-0.4, -0.2) is 75.9 Å². The Hall–Kier alpha value is -4.10. The number of ether oxygens (including phenoxy) is 4. The molecule has 5 atom stereocenters. The van der Waals surface area contributed by atoms with Crippen molar-refractivity contribution in [3.05, 3.63) is 58.8 Å². The lowest BCUT2D eigenvalue weighted by molar-refractivity contribution is -0.278. The van der Waals surface area contributed by atoms with Crippen molar-refractivity contribution in [3.63, 3.8) is 0 Å². The van der Waals surface area contributed by atoms with Crippen molar-refractivity contribution in [3.8, 4) is 34.3 Å². The summed E-state index contributed by atoms with van der Waals surface area (Å²) >= 11 is 0. The maximum Gasteiger partial charge on any atom is 0.330 e. The summed E-state index contributed by atoms with van der Waals surface area (Å²) in [5, 5.41) is 51.1. The Morgan fingerprint density at radius 2 is 1.79 bits per heavy atom. The number of methoxy groups -OCH3 is 1. The molecule has 3 aromatic rings. The highest BCUT2D eigenvalue weighted by Gasteiger charge is 2.45. The highest BCUT2D eigenvalue weighted by atomic mass is 16.7. The van der Waals surface area contributed by atoms with E-state index in [0.29, 0.717) is 5.56 Å². The van der Waals surface area contributed by atoms with Gasteiger partial charge in [-0.2, -0.15) is 0 Å². The van der Waals surface area contributed by atoms with E-state index in [-0.39, 0.29) is 34.0 Å². The second-order valence-corrected chi connectivity index (χ2v) is 8.44. The summed E-state index contributed by atoms with van der Waals surface area (Å²) in [4.78, 5) is 24.4. The lowest BCUT2D eigenvalue weighted by atomic mass is 9.99. The Morgan fingerprint density at radius 3 is 2.50 bits per heavy atom. The normalized spacial score (nSPS) is 23.4. The Kier molecular flexibility index (Phi) is 7.88. The van der Waals surface area contributed by atoms with Gasteiger partial charge in [-0.25, -0.2) is 4.79 Å². The van der Waals surface area contributed by atoms with Crippen LogP contribution in [0.15, 0.2) is 57.8 Å². The molecular formula is C26H26O12. The molecule has 1 saturated heterocycles. The quantitative estimate of drug-likeness (QED) is 0.217. The van der Waals surface area contributed by atoms with Crippen molar-refractivity contribution in [2.45, 2.75) is 37.6 Å². The van der Waals surface area contributed by atoms with E-state index in [1.807, 2.05) is 0 Å². The Bertz CT molecular complexity index is 1410. The van der Waals surface area contributed by atoms with Gasteiger partial charge in [0.1, 0.15) is 59.3 Å². The predicted molar refractivity (Wildman–Crippen MR) is 131 cm³/mol. The third-order valence-electron chi connectivity index (χ3n) is 5.86. The average Bonchev–Trinajstić information content (AvgIpc) is 2.88. The molecule has 0 unspecified atom stereocenters. The molecule has 12 heteroatoms. The molecule has 0 amide bonds. The fourth-order valence-corrected chi connectivity index (χ4v) is 3.92. The average molecular weight is 530 g/mol. The lowest BCUT2D eigenvalue weighted by Gasteiger charge is -2.39. The molecule has 1 aliphatic heterocycles. The summed E-state index contributed by atoms with van der Waals surface area (Å²) in [5.74, 6) is -1.13. The van der Waals surface area contributed by atoms with E-state index in [2.05, 4.69) is 0 Å². The molecule has 1 aromatic heterocycles. The van der Waals surface area contributed by atoms with E-state index in [4.69, 9.17) is 23.4 Å². The van der Waals surface area contributed by atoms with Crippen LogP contribution in [0.25, 0.3) is 22.3 Å². The van der Waals surface area contributed by atoms with Gasteiger partial charge >= 0.3 is 5.97 Å². The Morgan fingerprint density at radius 1 is 1.03 bits per heavy atom. The largest absolute Gasteiger partial charge is 0.507 e. The maximum absolute atomic E-state index is 12.8. The molecule has 0 bridgehead atoms. The standard InChI is InChI=1S/C26H26O12/c1-3-4-21(30)35-11-20-23(31)24(32)25(33)26(38-20)36-13-8-15(28)22-16(29)10-17(37-19(22)9-13)12-5-6-14(27)18(7-12)34-2/h3-10,20,23-28,31-33H,11H2,1-2H3/b4-3+/t20-,23+,24+,25+,26-/m1/s1. The Balaban J connectivity index is 1.63. The predicted octanol–water partition coefficient (Wildman–Crippen LogP) is 1.19. The van der Waals surface area contributed by atoms with Gasteiger partial charge in [0, 0.05) is 29.8 Å². The SMILES string of the molecule is C/C=C/C(=O)OC[C@H]1O[C@@H](Oc2cc(O)c3c(=O)cc(-c4ccc(O)c(OC)c4)oc3c2)[C@@H](O)[C@@H](O)[C@H]1O. The van der Waals surface area contributed by atoms with Crippen LogP contribution in [-0.2, 0) is 14.3 Å². The minimum Gasteiger partial charge on any atom is -0.507 e. The van der Waals surface area contributed by atoms with Crippen LogP contribution >= 0.6 is 0 Å². The second kappa shape index (κ2) is 11.1. The number of aliphatic hydroxyl groups is 3. The van der Waals surface area contributed by atoms with Crippen molar-refractivity contribution in [1.82, 2.24) is 0 Å². The number of esters is 1. The topological polar surface area (TPSA) is 185 Å². The summed E-state index contributed by atoms with van der Waals surface area (Å²) in [6.07, 6.45) is -5.18. The fourth-order valence-electron chi connectivity index (χ4n) is 3.92. The molecule has 0 saturated carbocycles. The Labute approximate surface area is 215 Å². The number of aliphatic hydroxyl groups excluding tert-OH is 3. The minimum absolute atomic E-state index is 0.0720. The molecule has 202 valence electrons. The van der Waals surface area contributed by atoms with Gasteiger partial charge in [-0.15, -0.1) is 0 Å². The lowest BCUT2D eigenvalue weighted by Crippen LogP contribution is -2.60. The summed E-state index contributed by atoms with van der Waals surface area (Å²) in [7, 11) is 1.37. The van der Waals surface area contributed by atoms with Crippen molar-refractivity contribution in [2.75, 3.05) is 13.7 Å². The molecule has 12 nitrogen and oxygen atoms in total. The zero-order valence-corrected chi connectivity index (χ0v) is 20.3. The van der Waals surface area contributed by atoms with Gasteiger partial charge in [0.15, 0.2) is 16.9 Å². The monoisotopic (exact) mass is 530 g/mol. The number of hydrogen-bond acceptors (Lipinski definition) is 12. The maximum atomic E-state index is 12.8. The summed E-state index contributed by atoms with van der Waals surface area (Å²) in [5.41, 5.74) is -0.229. The van der Waals surface area contributed by atoms with Crippen LogP contribution in [0.2, 0.25) is 0 Å². The zero-order valence-electron chi connectivity index (χ0n) is 20.3. The zero-order chi connectivity index (χ0) is 27.6. The first-order valence-electron chi connectivity index (χ1n) is 11.5. The van der Waals surface area contributed by atoms with E-state index in [0.717, 1.165) is 12.1 Å². The number of benzene rings is 2. The molecule has 1 aliphatic rings. The van der Waals surface area contributed by atoms with Gasteiger partial charge in [-0.3, -0.25) is 4.79 Å². The van der Waals surface area contributed by atoms with Crippen molar-refractivity contribution < 1.29 is 53.7 Å². The molecule has 2 aromatic carbocycles. The molecule has 0 radical (unpaired) electrons. The highest BCUT2D eigenvalue weighted by Crippen LogP contribution is 2.35. The summed E-state index contributed by atoms with van der Waals surface area (Å²) in [6.45, 7) is 1.17. The van der Waals surface area contributed by atoms with E-state index < -0.39 is 54.5 Å². The van der Waals surface area contributed by atoms with Gasteiger partial charge < -0.3 is 48.9 Å². The van der Waals surface area contributed by atoms with E-state index in [9.17, 15) is 35.1 Å². The summed E-state index contributed by atoms with van der Waals surface area (Å²) in [6, 6.07) is 7.86. The van der Waals surface area contributed by atoms with Crippen LogP contribution in [0.4, 0.5) is 0 Å². The number of carbonyl (C=O) groups excluding carboxylic acids is 1. The molecular weight excluding hydrogens is 504 g/mol. The molecule has 38 heavy (non-hydrogen) atoms. The first kappa shape index (κ1) is 26.9. The molecule has 4 rings (SSSR count). The molecule has 1 fully saturated rings. The second-order valence-electron chi connectivity index (χ2n) is 8.44. The van der Waals surface area contributed by atoms with Crippen molar-refractivity contribution >= 4 is 16.9 Å². The molecule has 0 aliphatic carbocycles. The van der Waals surface area contributed by atoms with Gasteiger partial charge in [0.2, 0.25) is 6.29 Å². The smallest absolute Gasteiger partial charge is 0.330 e. The molecule has 2 heterocycles. The fraction of sp³-hybridized carbons (Fsp3) is 0.308. The van der Waals surface area contributed by atoms with Crippen molar-refractivity contribution in [1.29, 1.82) is 0 Å². The number of carbonyl (C=O) groups is 1. The summed E-state index contributed by atoms with van der Waals surface area (Å²) < 4.78 is 27.0. The number of phenolic OH excluding ortho intramolecular Hbond substituents is 2. The van der Waals surface area contributed by atoms with Crippen LogP contribution in [0.5, 0.6) is 23.0 Å². The van der Waals surface area contributed by atoms with E-state index in [1.54, 1.807) is 6.92 Å². The van der Waals surface area contributed by atoms with Crippen LogP contribution < -0.4 is 14.9 Å². The van der Waals surface area contributed by atoms with Crippen LogP contribution in [0.3, 0.4) is 0 Å². The van der Waals surface area contributed by atoms with Gasteiger partial charge in [0.25, 0.3) is 0 Å². The number of aromatic hydroxyl groups is 2. The third-order valence-corrected chi connectivity index (χ3v) is 5.86. The van der Waals surface area contributed by atoms with Gasteiger partial charge in [0.05, 0.1) is 7.11 Å². The van der Waals surface area contributed by atoms with Crippen molar-refractivity contribution in [2.24, 2.45) is 0 Å². The third kappa shape index (κ3) is 5.43. The number of allylic oxidation sites excluding steroid dienone is 1. The number of phenols is 2. The number of rotatable bonds is 7. The van der Waals surface area contributed by atoms with E-state index in [1.165, 1.54) is 43.5 Å². The van der Waals surface area contributed by atoms with Crippen LogP contribution in [0.1, 0.15) is 6.92 Å². The number of fused-ring (bicyclic) bond motifs is 1. The highest BCUT2D eigenvalue weighted by molar-refractivity contribution is 5.86. The molecule has 0 spiro atoms. The van der Waals surface area contributed by atoms with E-state index >= 15 is 0 Å².